The summed E-state index contributed by atoms with van der Waals surface area (Å²) >= 11 is 1.89. The first-order chi connectivity index (χ1) is 7.47. The van der Waals surface area contributed by atoms with Crippen LogP contribution >= 0.6 is 11.8 Å². The van der Waals surface area contributed by atoms with Crippen molar-refractivity contribution in [2.75, 3.05) is 12.3 Å². The highest BCUT2D eigenvalue weighted by Crippen LogP contribution is 2.29. The molecule has 16 heavy (non-hydrogen) atoms. The first-order valence-electron chi connectivity index (χ1n) is 6.42. The molecule has 0 spiro atoms. The molecule has 2 nitrogen and oxygen atoms in total. The number of amidine groups is 1. The van der Waals surface area contributed by atoms with Gasteiger partial charge in [0.2, 0.25) is 0 Å². The summed E-state index contributed by atoms with van der Waals surface area (Å²) in [5.41, 5.74) is 0.638. The Hall–Kier alpha value is -0.180. The van der Waals surface area contributed by atoms with Crippen LogP contribution in [0, 0.1) is 5.41 Å². The standard InChI is InChI=1S/C13H26N2S/c1-6-12(4,5)9-14-11-15-13(7-2,8-3)10-16-11/h6-10H2,1-5H3,(H,14,15). The number of hydrogen-bond donors (Lipinski definition) is 1. The molecule has 0 unspecified atom stereocenters. The summed E-state index contributed by atoms with van der Waals surface area (Å²) in [6.07, 6.45) is 3.56. The van der Waals surface area contributed by atoms with Gasteiger partial charge in [-0.05, 0) is 24.7 Å². The minimum absolute atomic E-state index is 0.305. The molecule has 1 heterocycles. The van der Waals surface area contributed by atoms with Crippen molar-refractivity contribution in [3.05, 3.63) is 0 Å². The minimum Gasteiger partial charge on any atom is -0.359 e. The summed E-state index contributed by atoms with van der Waals surface area (Å²) in [4.78, 5) is 4.73. The molecule has 0 aromatic carbocycles. The molecular weight excluding hydrogens is 216 g/mol. The van der Waals surface area contributed by atoms with Crippen molar-refractivity contribution in [2.45, 2.75) is 59.4 Å². The van der Waals surface area contributed by atoms with E-state index >= 15 is 0 Å². The molecule has 0 aliphatic carbocycles. The van der Waals surface area contributed by atoms with Crippen molar-refractivity contribution in [1.29, 1.82) is 0 Å². The first kappa shape index (κ1) is 13.9. The highest BCUT2D eigenvalue weighted by Gasteiger charge is 2.33. The Bertz CT molecular complexity index is 255. The molecule has 0 radical (unpaired) electrons. The largest absolute Gasteiger partial charge is 0.359 e. The summed E-state index contributed by atoms with van der Waals surface area (Å²) in [7, 11) is 0. The zero-order valence-corrected chi connectivity index (χ0v) is 12.2. The molecule has 0 aromatic rings. The maximum absolute atomic E-state index is 4.73. The molecule has 94 valence electrons. The van der Waals surface area contributed by atoms with Crippen LogP contribution in [0.25, 0.3) is 0 Å². The molecule has 0 bridgehead atoms. The van der Waals surface area contributed by atoms with Crippen molar-refractivity contribution >= 4 is 16.9 Å². The smallest absolute Gasteiger partial charge is 0.157 e. The monoisotopic (exact) mass is 242 g/mol. The van der Waals surface area contributed by atoms with Crippen molar-refractivity contribution < 1.29 is 0 Å². The van der Waals surface area contributed by atoms with Gasteiger partial charge in [-0.1, -0.05) is 46.4 Å². The molecular formula is C13H26N2S. The Morgan fingerprint density at radius 3 is 2.38 bits per heavy atom. The van der Waals surface area contributed by atoms with Crippen molar-refractivity contribution in [3.63, 3.8) is 0 Å². The van der Waals surface area contributed by atoms with E-state index in [9.17, 15) is 0 Å². The van der Waals surface area contributed by atoms with Gasteiger partial charge in [-0.2, -0.15) is 0 Å². The van der Waals surface area contributed by atoms with Crippen LogP contribution in [-0.2, 0) is 0 Å². The summed E-state index contributed by atoms with van der Waals surface area (Å²) in [5, 5.41) is 4.77. The SMILES string of the molecule is CCC(C)(C)CN=C1NC(CC)(CC)CS1. The summed E-state index contributed by atoms with van der Waals surface area (Å²) < 4.78 is 0. The van der Waals surface area contributed by atoms with Crippen LogP contribution in [0.3, 0.4) is 0 Å². The van der Waals surface area contributed by atoms with Gasteiger partial charge in [-0.3, -0.25) is 4.99 Å². The highest BCUT2D eigenvalue weighted by atomic mass is 32.2. The Morgan fingerprint density at radius 1 is 1.31 bits per heavy atom. The van der Waals surface area contributed by atoms with E-state index in [1.54, 1.807) is 0 Å². The van der Waals surface area contributed by atoms with Gasteiger partial charge < -0.3 is 5.32 Å². The number of nitrogens with one attached hydrogen (secondary N) is 1. The number of aliphatic imine (C=N–C) groups is 1. The second-order valence-corrected chi connectivity index (χ2v) is 6.50. The third kappa shape index (κ3) is 3.41. The average molecular weight is 242 g/mol. The van der Waals surface area contributed by atoms with Gasteiger partial charge in [0.05, 0.1) is 0 Å². The molecule has 1 aliphatic heterocycles. The van der Waals surface area contributed by atoms with Gasteiger partial charge in [0.25, 0.3) is 0 Å². The quantitative estimate of drug-likeness (QED) is 0.795. The van der Waals surface area contributed by atoms with E-state index in [2.05, 4.69) is 39.9 Å². The predicted octanol–water partition coefficient (Wildman–Crippen LogP) is 3.67. The lowest BCUT2D eigenvalue weighted by atomic mass is 9.91. The molecule has 0 saturated carbocycles. The van der Waals surface area contributed by atoms with E-state index < -0.39 is 0 Å². The lowest BCUT2D eigenvalue weighted by Crippen LogP contribution is -2.42. The third-order valence-electron chi connectivity index (χ3n) is 3.82. The molecule has 1 rings (SSSR count). The van der Waals surface area contributed by atoms with Crippen molar-refractivity contribution in [3.8, 4) is 0 Å². The fraction of sp³-hybridized carbons (Fsp3) is 0.923. The lowest BCUT2D eigenvalue weighted by Gasteiger charge is -2.25. The highest BCUT2D eigenvalue weighted by molar-refractivity contribution is 8.14. The van der Waals surface area contributed by atoms with Crippen LogP contribution in [0.1, 0.15) is 53.9 Å². The van der Waals surface area contributed by atoms with E-state index in [1.165, 1.54) is 25.0 Å². The number of nitrogens with zero attached hydrogens (tertiary/aromatic N) is 1. The molecule has 1 aliphatic rings. The van der Waals surface area contributed by atoms with Crippen molar-refractivity contribution in [2.24, 2.45) is 10.4 Å². The number of hydrogen-bond acceptors (Lipinski definition) is 2. The predicted molar refractivity (Wildman–Crippen MR) is 75.3 cm³/mol. The van der Waals surface area contributed by atoms with Gasteiger partial charge in [0.1, 0.15) is 0 Å². The maximum Gasteiger partial charge on any atom is 0.157 e. The van der Waals surface area contributed by atoms with Crippen LogP contribution < -0.4 is 5.32 Å². The van der Waals surface area contributed by atoms with Crippen LogP contribution in [0.15, 0.2) is 4.99 Å². The van der Waals surface area contributed by atoms with Gasteiger partial charge in [-0.15, -0.1) is 0 Å². The molecule has 1 fully saturated rings. The summed E-state index contributed by atoms with van der Waals surface area (Å²) in [6, 6.07) is 0. The summed E-state index contributed by atoms with van der Waals surface area (Å²) in [6.45, 7) is 12.2. The summed E-state index contributed by atoms with van der Waals surface area (Å²) in [5.74, 6) is 1.17. The molecule has 3 heteroatoms. The topological polar surface area (TPSA) is 24.4 Å². The molecule has 0 atom stereocenters. The van der Waals surface area contributed by atoms with Crippen LogP contribution in [0.2, 0.25) is 0 Å². The number of thioether (sulfide) groups is 1. The Balaban J connectivity index is 2.56. The minimum atomic E-state index is 0.305. The molecule has 1 saturated heterocycles. The zero-order chi connectivity index (χ0) is 12.2. The number of rotatable bonds is 5. The third-order valence-corrected chi connectivity index (χ3v) is 5.02. The fourth-order valence-electron chi connectivity index (χ4n) is 1.62. The van der Waals surface area contributed by atoms with E-state index in [1.807, 2.05) is 11.8 Å². The first-order valence-corrected chi connectivity index (χ1v) is 7.41. The average Bonchev–Trinajstić information content (AvgIpc) is 2.71. The van der Waals surface area contributed by atoms with E-state index in [0.717, 1.165) is 11.7 Å². The van der Waals surface area contributed by atoms with Gasteiger partial charge >= 0.3 is 0 Å². The normalized spacial score (nSPS) is 22.4. The van der Waals surface area contributed by atoms with Gasteiger partial charge in [0.15, 0.2) is 5.17 Å². The van der Waals surface area contributed by atoms with Crippen molar-refractivity contribution in [1.82, 2.24) is 5.32 Å². The Labute approximate surface area is 105 Å². The second kappa shape index (κ2) is 5.44. The molecule has 0 amide bonds. The molecule has 1 N–H and O–H groups in total. The lowest BCUT2D eigenvalue weighted by molar-refractivity contribution is 0.364. The van der Waals surface area contributed by atoms with Gasteiger partial charge in [0, 0.05) is 17.8 Å². The van der Waals surface area contributed by atoms with E-state index in [0.29, 0.717) is 11.0 Å². The zero-order valence-electron chi connectivity index (χ0n) is 11.4. The molecule has 0 aromatic heterocycles. The van der Waals surface area contributed by atoms with Crippen LogP contribution in [0.5, 0.6) is 0 Å². The van der Waals surface area contributed by atoms with Crippen LogP contribution in [0.4, 0.5) is 0 Å². The Morgan fingerprint density at radius 2 is 1.94 bits per heavy atom. The van der Waals surface area contributed by atoms with E-state index in [4.69, 9.17) is 4.99 Å². The van der Waals surface area contributed by atoms with E-state index in [-0.39, 0.29) is 0 Å². The van der Waals surface area contributed by atoms with Gasteiger partial charge in [-0.25, -0.2) is 0 Å². The Kier molecular flexibility index (Phi) is 4.72. The maximum atomic E-state index is 4.73. The second-order valence-electron chi connectivity index (χ2n) is 5.54. The van der Waals surface area contributed by atoms with Crippen LogP contribution in [-0.4, -0.2) is 23.0 Å². The fourth-order valence-corrected chi connectivity index (χ4v) is 2.96.